The van der Waals surface area contributed by atoms with Gasteiger partial charge in [0.25, 0.3) is 0 Å². The van der Waals surface area contributed by atoms with Crippen molar-refractivity contribution in [2.24, 2.45) is 0 Å². The Morgan fingerprint density at radius 1 is 0.317 bits per heavy atom. The third-order valence-electron chi connectivity index (χ3n) is 11.9. The van der Waals surface area contributed by atoms with E-state index < -0.39 is 15.8 Å². The molecule has 0 radical (unpaired) electrons. The van der Waals surface area contributed by atoms with Crippen LogP contribution in [0.15, 0.2) is 231 Å². The Balaban J connectivity index is 0.000000338. The third kappa shape index (κ3) is 11.8. The van der Waals surface area contributed by atoms with E-state index in [1.807, 2.05) is 60.7 Å². The fourth-order valence-electron chi connectivity index (χ4n) is 9.12. The van der Waals surface area contributed by atoms with E-state index in [-0.39, 0.29) is 50.1 Å². The predicted molar refractivity (Wildman–Crippen MR) is 273 cm³/mol. The molecule has 310 valence electrons. The molecule has 0 amide bonds. The number of fused-ring (bicyclic) bond motifs is 1. The summed E-state index contributed by atoms with van der Waals surface area (Å²) in [6, 6.07) is 82.8. The summed E-state index contributed by atoms with van der Waals surface area (Å²) >= 11 is 0. The van der Waals surface area contributed by atoms with Gasteiger partial charge in [0, 0.05) is 12.3 Å². The Labute approximate surface area is 398 Å². The molecule has 3 aliphatic rings. The molecule has 0 N–H and O–H groups in total. The van der Waals surface area contributed by atoms with Crippen molar-refractivity contribution in [2.75, 3.05) is 25.4 Å². The van der Waals surface area contributed by atoms with Gasteiger partial charge in [-0.05, 0) is 82.6 Å². The van der Waals surface area contributed by atoms with Crippen LogP contribution < -0.4 is 21.2 Å². The summed E-state index contributed by atoms with van der Waals surface area (Å²) in [5, 5.41) is 17.2. The molecular formula is C58H56N2P2Zr+2. The quantitative estimate of drug-likeness (QED) is 0.0863. The first-order valence-electron chi connectivity index (χ1n) is 21.8. The first-order valence-corrected chi connectivity index (χ1v) is 25.3. The van der Waals surface area contributed by atoms with Crippen molar-refractivity contribution in [3.63, 3.8) is 0 Å². The molecule has 2 nitrogen and oxygen atoms in total. The largest absolute Gasteiger partial charge is 4.00 e. The van der Waals surface area contributed by atoms with Gasteiger partial charge in [-0.1, -0.05) is 133 Å². The molecule has 8 aromatic carbocycles. The molecule has 5 heteroatoms. The molecule has 2 atom stereocenters. The Kier molecular flexibility index (Phi) is 17.4. The van der Waals surface area contributed by atoms with E-state index in [4.69, 9.17) is 10.6 Å². The molecule has 0 fully saturated rings. The van der Waals surface area contributed by atoms with Crippen LogP contribution >= 0.6 is 15.8 Å². The van der Waals surface area contributed by atoms with Gasteiger partial charge in [0.05, 0.1) is 37.1 Å². The minimum Gasteiger partial charge on any atom is -0.657 e. The second-order valence-corrected chi connectivity index (χ2v) is 21.1. The van der Waals surface area contributed by atoms with E-state index in [2.05, 4.69) is 184 Å². The summed E-state index contributed by atoms with van der Waals surface area (Å²) in [7, 11) is -1.92. The van der Waals surface area contributed by atoms with E-state index >= 15 is 0 Å². The van der Waals surface area contributed by atoms with Crippen LogP contribution in [0, 0.1) is 13.8 Å². The fraction of sp³-hybridized carbons (Fsp3) is 0.138. The van der Waals surface area contributed by atoms with Crippen LogP contribution in [0.4, 0.5) is 0 Å². The van der Waals surface area contributed by atoms with E-state index in [0.717, 1.165) is 36.5 Å². The first kappa shape index (κ1) is 46.2. The molecule has 0 unspecified atom stereocenters. The van der Waals surface area contributed by atoms with Crippen molar-refractivity contribution in [1.29, 1.82) is 0 Å². The van der Waals surface area contributed by atoms with Gasteiger partial charge >= 0.3 is 26.2 Å². The summed E-state index contributed by atoms with van der Waals surface area (Å²) < 4.78 is 0. The molecule has 0 saturated carbocycles. The van der Waals surface area contributed by atoms with Crippen molar-refractivity contribution in [3.8, 4) is 0 Å². The Bertz CT molecular complexity index is 2220. The Morgan fingerprint density at radius 2 is 0.540 bits per heavy atom. The monoisotopic (exact) mass is 932 g/mol. The van der Waals surface area contributed by atoms with Gasteiger partial charge in [-0.15, -0.1) is 49.4 Å². The van der Waals surface area contributed by atoms with Crippen molar-refractivity contribution in [3.05, 3.63) is 288 Å². The number of benzene rings is 8. The molecule has 0 saturated heterocycles. The van der Waals surface area contributed by atoms with Crippen LogP contribution in [-0.2, 0) is 26.2 Å². The summed E-state index contributed by atoms with van der Waals surface area (Å²) in [5.41, 5.74) is 7.96. The van der Waals surface area contributed by atoms with Gasteiger partial charge in [0.2, 0.25) is 0 Å². The molecular weight excluding hydrogens is 878 g/mol. The van der Waals surface area contributed by atoms with Crippen LogP contribution in [0.2, 0.25) is 0 Å². The minimum atomic E-state index is -0.959. The van der Waals surface area contributed by atoms with Crippen molar-refractivity contribution >= 4 is 37.1 Å². The van der Waals surface area contributed by atoms with E-state index in [0.29, 0.717) is 0 Å². The maximum absolute atomic E-state index is 5.69. The SMILES string of the molecule is [CH2-]c1ccccc1.[CH2-]c1ccccc1.[Zr+4].c1ccc([PH+](CC[N-][C@@H]2C3c4ccccc4C(c4ccccc43)[C@H]2[N-]CC[PH+](c2ccccc2)c2ccccc2)c2ccccc2)cc1. The second kappa shape index (κ2) is 23.7. The Hall–Kier alpha value is -4.84. The Morgan fingerprint density at radius 3 is 0.762 bits per heavy atom. The van der Waals surface area contributed by atoms with Crippen LogP contribution in [0.3, 0.4) is 0 Å². The zero-order valence-corrected chi connectivity index (χ0v) is 40.3. The van der Waals surface area contributed by atoms with Gasteiger partial charge in [-0.2, -0.15) is 49.2 Å². The van der Waals surface area contributed by atoms with E-state index in [9.17, 15) is 0 Å². The smallest absolute Gasteiger partial charge is 0.657 e. The maximum atomic E-state index is 5.69. The molecule has 0 heterocycles. The standard InChI is InChI=1S/C44H40N2P2.2C7H7.Zr/c1-5-17-33(18-6-1)47(34-19-7-2-8-20-34)31-29-45-43-41-37-25-13-15-27-39(37)42(40-28-16-14-26-38(40)41)44(43)46-30-32-48(35-21-9-3-10-22-35)36-23-11-4-12-24-36;2*1-7-5-3-2-4-6-7;/h1-28,41-44H,29-32H2;2*2-6H,1H2;/q-2;2*-1;+4/p+2/t41?,42?,43-,44-;;;/m1.../s1. The molecule has 2 bridgehead atoms. The summed E-state index contributed by atoms with van der Waals surface area (Å²) in [6.45, 7) is 9.15. The molecule has 63 heavy (non-hydrogen) atoms. The fourth-order valence-corrected chi connectivity index (χ4v) is 14.0. The van der Waals surface area contributed by atoms with E-state index in [1.54, 1.807) is 0 Å². The van der Waals surface area contributed by atoms with Crippen LogP contribution in [0.25, 0.3) is 10.6 Å². The first-order chi connectivity index (χ1) is 30.7. The average Bonchev–Trinajstić information content (AvgIpc) is 3.34. The third-order valence-corrected chi connectivity index (χ3v) is 17.5. The normalized spacial score (nSPS) is 16.6. The molecule has 0 spiro atoms. The van der Waals surface area contributed by atoms with Gasteiger partial charge in [-0.3, -0.25) is 0 Å². The maximum Gasteiger partial charge on any atom is 4.00 e. The zero-order chi connectivity index (χ0) is 42.4. The average molecular weight is 934 g/mol. The molecule has 3 aliphatic carbocycles. The van der Waals surface area contributed by atoms with Crippen molar-refractivity contribution in [2.45, 2.75) is 23.9 Å². The summed E-state index contributed by atoms with van der Waals surface area (Å²) in [4.78, 5) is 0. The zero-order valence-electron chi connectivity index (χ0n) is 35.9. The van der Waals surface area contributed by atoms with Gasteiger partial charge in [0.1, 0.15) is 0 Å². The summed E-state index contributed by atoms with van der Waals surface area (Å²) in [6.07, 6.45) is 2.16. The summed E-state index contributed by atoms with van der Waals surface area (Å²) in [5.74, 6) is 0.488. The molecule has 0 aliphatic heterocycles. The topological polar surface area (TPSA) is 28.2 Å². The predicted octanol–water partition coefficient (Wildman–Crippen LogP) is 12.2. The molecule has 11 rings (SSSR count). The number of nitrogens with zero attached hydrogens (tertiary/aromatic N) is 2. The van der Waals surface area contributed by atoms with Crippen LogP contribution in [0.5, 0.6) is 0 Å². The molecule has 0 aromatic heterocycles. The number of rotatable bonds is 12. The number of hydrogen-bond acceptors (Lipinski definition) is 0. The van der Waals surface area contributed by atoms with Crippen molar-refractivity contribution < 1.29 is 26.2 Å². The van der Waals surface area contributed by atoms with Gasteiger partial charge in [0.15, 0.2) is 0 Å². The van der Waals surface area contributed by atoms with Crippen LogP contribution in [-0.4, -0.2) is 37.5 Å². The van der Waals surface area contributed by atoms with E-state index in [1.165, 1.54) is 43.5 Å². The number of hydrogen-bond donors (Lipinski definition) is 0. The van der Waals surface area contributed by atoms with Gasteiger partial charge in [-0.25, -0.2) is 0 Å². The minimum absolute atomic E-state index is 0. The van der Waals surface area contributed by atoms with Crippen LogP contribution in [0.1, 0.15) is 45.2 Å². The van der Waals surface area contributed by atoms with Crippen molar-refractivity contribution in [1.82, 2.24) is 0 Å². The second-order valence-electron chi connectivity index (χ2n) is 15.9. The molecule has 8 aromatic rings. The van der Waals surface area contributed by atoms with Gasteiger partial charge < -0.3 is 10.6 Å².